The van der Waals surface area contributed by atoms with Crippen LogP contribution in [0, 0.1) is 5.82 Å². The zero-order valence-electron chi connectivity index (χ0n) is 7.42. The molecule has 14 heavy (non-hydrogen) atoms. The van der Waals surface area contributed by atoms with Gasteiger partial charge in [-0.15, -0.1) is 0 Å². The molecule has 0 fully saturated rings. The largest absolute Gasteiger partial charge is 0.493 e. The summed E-state index contributed by atoms with van der Waals surface area (Å²) in [6.07, 6.45) is 1.67. The first-order chi connectivity index (χ1) is 6.72. The van der Waals surface area contributed by atoms with E-state index in [1.807, 2.05) is 0 Å². The Balaban J connectivity index is 2.84. The van der Waals surface area contributed by atoms with E-state index in [1.165, 1.54) is 13.2 Å². The predicted octanol–water partition coefficient (Wildman–Crippen LogP) is 3.15. The Hall–Kier alpha value is -1.16. The Morgan fingerprint density at radius 2 is 2.21 bits per heavy atom. The summed E-state index contributed by atoms with van der Waals surface area (Å²) in [7, 11) is 1.44. The highest BCUT2D eigenvalue weighted by Gasteiger charge is 2.08. The van der Waals surface area contributed by atoms with Gasteiger partial charge >= 0.3 is 0 Å². The Morgan fingerprint density at radius 3 is 2.93 bits per heavy atom. The van der Waals surface area contributed by atoms with E-state index in [9.17, 15) is 4.39 Å². The molecule has 0 N–H and O–H groups in total. The first-order valence-electron chi connectivity index (χ1n) is 4.00. The molecule has 1 aromatic carbocycles. The van der Waals surface area contributed by atoms with E-state index in [1.54, 1.807) is 18.3 Å². The van der Waals surface area contributed by atoms with Gasteiger partial charge in [0.15, 0.2) is 11.6 Å². The molecule has 0 amide bonds. The smallest absolute Gasteiger partial charge is 0.165 e. The van der Waals surface area contributed by atoms with Crippen LogP contribution in [0.25, 0.3) is 10.9 Å². The highest BCUT2D eigenvalue weighted by atomic mass is 79.9. The number of rotatable bonds is 1. The monoisotopic (exact) mass is 255 g/mol. The van der Waals surface area contributed by atoms with Gasteiger partial charge in [0.1, 0.15) is 0 Å². The van der Waals surface area contributed by atoms with E-state index < -0.39 is 0 Å². The fourth-order valence-electron chi connectivity index (χ4n) is 1.33. The summed E-state index contributed by atoms with van der Waals surface area (Å²) in [4.78, 5) is 4.14. The Bertz CT molecular complexity index is 482. The topological polar surface area (TPSA) is 22.1 Å². The minimum absolute atomic E-state index is 0.233. The number of fused-ring (bicyclic) bond motifs is 1. The second kappa shape index (κ2) is 3.53. The number of aromatic nitrogens is 1. The number of hydrogen-bond donors (Lipinski definition) is 0. The van der Waals surface area contributed by atoms with Gasteiger partial charge in [0, 0.05) is 16.1 Å². The van der Waals surface area contributed by atoms with Crippen molar-refractivity contribution < 1.29 is 9.13 Å². The lowest BCUT2D eigenvalue weighted by Crippen LogP contribution is -1.90. The van der Waals surface area contributed by atoms with E-state index in [2.05, 4.69) is 20.9 Å². The number of ether oxygens (including phenoxy) is 1. The van der Waals surface area contributed by atoms with E-state index >= 15 is 0 Å². The molecule has 0 atom stereocenters. The van der Waals surface area contributed by atoms with Crippen LogP contribution in [0.3, 0.4) is 0 Å². The van der Waals surface area contributed by atoms with Gasteiger partial charge in [-0.25, -0.2) is 4.39 Å². The summed E-state index contributed by atoms with van der Waals surface area (Å²) in [5.74, 6) is -0.142. The standard InChI is InChI=1S/C10H7BrFNO/c1-14-10-7-4-6(11)5-13-9(7)3-2-8(10)12/h2-5H,1H3. The number of nitrogens with zero attached hydrogens (tertiary/aromatic N) is 1. The van der Waals surface area contributed by atoms with Gasteiger partial charge in [-0.2, -0.15) is 0 Å². The molecule has 0 saturated carbocycles. The van der Waals surface area contributed by atoms with Crippen molar-refractivity contribution in [1.82, 2.24) is 4.98 Å². The van der Waals surface area contributed by atoms with Gasteiger partial charge < -0.3 is 4.74 Å². The van der Waals surface area contributed by atoms with Gasteiger partial charge in [0.2, 0.25) is 0 Å². The van der Waals surface area contributed by atoms with Crippen molar-refractivity contribution in [2.45, 2.75) is 0 Å². The van der Waals surface area contributed by atoms with Gasteiger partial charge in [-0.3, -0.25) is 4.98 Å². The summed E-state index contributed by atoms with van der Waals surface area (Å²) in [6.45, 7) is 0. The van der Waals surface area contributed by atoms with Crippen molar-refractivity contribution in [3.8, 4) is 5.75 Å². The minimum Gasteiger partial charge on any atom is -0.493 e. The molecule has 0 radical (unpaired) electrons. The van der Waals surface area contributed by atoms with Crippen molar-refractivity contribution in [3.05, 3.63) is 34.7 Å². The average Bonchev–Trinajstić information content (AvgIpc) is 2.17. The lowest BCUT2D eigenvalue weighted by Gasteiger charge is -2.05. The maximum atomic E-state index is 13.3. The molecule has 0 bridgehead atoms. The van der Waals surface area contributed by atoms with Crippen LogP contribution in [-0.4, -0.2) is 12.1 Å². The fraction of sp³-hybridized carbons (Fsp3) is 0.100. The highest BCUT2D eigenvalue weighted by Crippen LogP contribution is 2.29. The molecule has 0 aliphatic carbocycles. The molecule has 0 aliphatic rings. The SMILES string of the molecule is COc1c(F)ccc2ncc(Br)cc12. The molecular formula is C10H7BrFNO. The van der Waals surface area contributed by atoms with Crippen LogP contribution >= 0.6 is 15.9 Å². The van der Waals surface area contributed by atoms with Crippen LogP contribution in [0.2, 0.25) is 0 Å². The second-order valence-corrected chi connectivity index (χ2v) is 3.72. The first-order valence-corrected chi connectivity index (χ1v) is 4.79. The second-order valence-electron chi connectivity index (χ2n) is 2.80. The lowest BCUT2D eigenvalue weighted by molar-refractivity contribution is 0.392. The zero-order valence-corrected chi connectivity index (χ0v) is 9.01. The molecule has 0 spiro atoms. The third-order valence-corrected chi connectivity index (χ3v) is 2.37. The highest BCUT2D eigenvalue weighted by molar-refractivity contribution is 9.10. The molecule has 1 aromatic heterocycles. The number of methoxy groups -OCH3 is 1. The van der Waals surface area contributed by atoms with Crippen molar-refractivity contribution in [2.75, 3.05) is 7.11 Å². The van der Waals surface area contributed by atoms with Crippen molar-refractivity contribution in [2.24, 2.45) is 0 Å². The van der Waals surface area contributed by atoms with Gasteiger partial charge in [0.25, 0.3) is 0 Å². The molecule has 1 heterocycles. The van der Waals surface area contributed by atoms with E-state index in [-0.39, 0.29) is 11.6 Å². The molecule has 4 heteroatoms. The third-order valence-electron chi connectivity index (χ3n) is 1.94. The molecule has 0 saturated heterocycles. The fourth-order valence-corrected chi connectivity index (χ4v) is 1.66. The number of halogens is 2. The van der Waals surface area contributed by atoms with Gasteiger partial charge in [-0.1, -0.05) is 0 Å². The number of hydrogen-bond acceptors (Lipinski definition) is 2. The zero-order chi connectivity index (χ0) is 10.1. The molecular weight excluding hydrogens is 249 g/mol. The van der Waals surface area contributed by atoms with Crippen molar-refractivity contribution >= 4 is 26.8 Å². The van der Waals surface area contributed by atoms with Crippen LogP contribution in [0.1, 0.15) is 0 Å². The predicted molar refractivity (Wildman–Crippen MR) is 56.0 cm³/mol. The van der Waals surface area contributed by atoms with E-state index in [0.29, 0.717) is 10.9 Å². The Morgan fingerprint density at radius 1 is 1.43 bits per heavy atom. The molecule has 2 nitrogen and oxygen atoms in total. The maximum Gasteiger partial charge on any atom is 0.165 e. The summed E-state index contributed by atoms with van der Waals surface area (Å²) in [6, 6.07) is 4.76. The quantitative estimate of drug-likeness (QED) is 0.781. The van der Waals surface area contributed by atoms with E-state index in [4.69, 9.17) is 4.74 Å². The minimum atomic E-state index is -0.375. The van der Waals surface area contributed by atoms with Crippen molar-refractivity contribution in [1.29, 1.82) is 0 Å². The van der Waals surface area contributed by atoms with Crippen molar-refractivity contribution in [3.63, 3.8) is 0 Å². The normalized spacial score (nSPS) is 10.5. The Kier molecular flexibility index (Phi) is 2.37. The number of pyridine rings is 1. The van der Waals surface area contributed by atoms with Gasteiger partial charge in [0.05, 0.1) is 12.6 Å². The Labute approximate surface area is 88.8 Å². The molecule has 0 unspecified atom stereocenters. The number of benzene rings is 1. The molecule has 2 rings (SSSR count). The summed E-state index contributed by atoms with van der Waals surface area (Å²) in [5.41, 5.74) is 0.714. The van der Waals surface area contributed by atoms with Crippen LogP contribution in [-0.2, 0) is 0 Å². The first kappa shape index (κ1) is 9.40. The van der Waals surface area contributed by atoms with Crippen LogP contribution in [0.15, 0.2) is 28.9 Å². The summed E-state index contributed by atoms with van der Waals surface area (Å²) >= 11 is 3.28. The molecule has 72 valence electrons. The van der Waals surface area contributed by atoms with Crippen LogP contribution < -0.4 is 4.74 Å². The summed E-state index contributed by atoms with van der Waals surface area (Å²) < 4.78 is 19.1. The van der Waals surface area contributed by atoms with Crippen LogP contribution in [0.5, 0.6) is 5.75 Å². The third kappa shape index (κ3) is 1.46. The van der Waals surface area contributed by atoms with E-state index in [0.717, 1.165) is 4.47 Å². The maximum absolute atomic E-state index is 13.3. The van der Waals surface area contributed by atoms with Crippen LogP contribution in [0.4, 0.5) is 4.39 Å². The lowest BCUT2D eigenvalue weighted by atomic mass is 10.2. The summed E-state index contributed by atoms with van der Waals surface area (Å²) in [5, 5.41) is 0.668. The average molecular weight is 256 g/mol. The van der Waals surface area contributed by atoms with Gasteiger partial charge in [-0.05, 0) is 34.1 Å². The molecule has 2 aromatic rings. The molecule has 0 aliphatic heterocycles.